The molecule has 3 aromatic carbocycles. The van der Waals surface area contributed by atoms with Gasteiger partial charge in [0.2, 0.25) is 5.91 Å². The van der Waals surface area contributed by atoms with Crippen molar-refractivity contribution in [2.45, 2.75) is 6.92 Å². The lowest BCUT2D eigenvalue weighted by atomic mass is 10.0. The van der Waals surface area contributed by atoms with Crippen LogP contribution in [0.25, 0.3) is 11.1 Å². The van der Waals surface area contributed by atoms with Crippen molar-refractivity contribution < 1.29 is 18.8 Å². The van der Waals surface area contributed by atoms with E-state index in [0.29, 0.717) is 16.8 Å². The summed E-state index contributed by atoms with van der Waals surface area (Å²) < 4.78 is 14.1. The molecule has 28 heavy (non-hydrogen) atoms. The summed E-state index contributed by atoms with van der Waals surface area (Å²) in [5.41, 5.74) is 3.20. The minimum atomic E-state index is -0.632. The lowest BCUT2D eigenvalue weighted by Gasteiger charge is -2.10. The average molecular weight is 374 g/mol. The number of rotatable bonds is 3. The third-order valence-electron chi connectivity index (χ3n) is 4.52. The van der Waals surface area contributed by atoms with Crippen LogP contribution in [0.15, 0.2) is 60.7 Å². The largest absolute Gasteiger partial charge is 0.326 e. The Hall–Kier alpha value is -3.80. The lowest BCUT2D eigenvalue weighted by Crippen LogP contribution is -2.14. The lowest BCUT2D eigenvalue weighted by molar-refractivity contribution is -0.114. The third kappa shape index (κ3) is 3.05. The zero-order valence-corrected chi connectivity index (χ0v) is 14.9. The van der Waals surface area contributed by atoms with Gasteiger partial charge in [-0.2, -0.15) is 0 Å². The van der Waals surface area contributed by atoms with E-state index in [9.17, 15) is 18.8 Å². The molecule has 1 aliphatic carbocycles. The third-order valence-corrected chi connectivity index (χ3v) is 4.52. The molecule has 0 heterocycles. The Morgan fingerprint density at radius 1 is 0.821 bits per heavy atom. The van der Waals surface area contributed by atoms with Crippen LogP contribution in [0, 0.1) is 5.82 Å². The van der Waals surface area contributed by atoms with E-state index >= 15 is 0 Å². The first-order chi connectivity index (χ1) is 13.4. The van der Waals surface area contributed by atoms with Gasteiger partial charge in [-0.05, 0) is 41.5 Å². The van der Waals surface area contributed by atoms with Gasteiger partial charge in [-0.1, -0.05) is 30.3 Å². The molecule has 0 saturated heterocycles. The Morgan fingerprint density at radius 2 is 1.54 bits per heavy atom. The number of hydrogen-bond acceptors (Lipinski definition) is 3. The van der Waals surface area contributed by atoms with Gasteiger partial charge >= 0.3 is 0 Å². The summed E-state index contributed by atoms with van der Waals surface area (Å²) in [5.74, 6) is -1.63. The molecule has 0 fully saturated rings. The fraction of sp³-hybridized carbons (Fsp3) is 0.0455. The summed E-state index contributed by atoms with van der Waals surface area (Å²) in [4.78, 5) is 36.4. The van der Waals surface area contributed by atoms with E-state index in [-0.39, 0.29) is 22.9 Å². The first-order valence-electron chi connectivity index (χ1n) is 8.60. The van der Waals surface area contributed by atoms with E-state index < -0.39 is 11.7 Å². The highest BCUT2D eigenvalue weighted by molar-refractivity contribution is 6.22. The monoisotopic (exact) mass is 374 g/mol. The van der Waals surface area contributed by atoms with E-state index in [2.05, 4.69) is 10.6 Å². The molecular formula is C22H15FN2O3. The van der Waals surface area contributed by atoms with Crippen molar-refractivity contribution in [3.05, 3.63) is 83.2 Å². The van der Waals surface area contributed by atoms with Crippen LogP contribution >= 0.6 is 0 Å². The minimum absolute atomic E-state index is 0.0636. The maximum Gasteiger partial charge on any atom is 0.255 e. The molecule has 2 amide bonds. The molecule has 0 bridgehead atoms. The van der Waals surface area contributed by atoms with Gasteiger partial charge in [-0.3, -0.25) is 14.4 Å². The number of nitrogens with one attached hydrogen (secondary N) is 2. The van der Waals surface area contributed by atoms with Gasteiger partial charge in [-0.25, -0.2) is 4.39 Å². The molecule has 0 radical (unpaired) electrons. The quantitative estimate of drug-likeness (QED) is 0.563. The first kappa shape index (κ1) is 17.6. The molecule has 1 aliphatic rings. The minimum Gasteiger partial charge on any atom is -0.326 e. The van der Waals surface area contributed by atoms with Gasteiger partial charge in [0.15, 0.2) is 5.78 Å². The molecule has 0 unspecified atom stereocenters. The highest BCUT2D eigenvalue weighted by Crippen LogP contribution is 2.36. The summed E-state index contributed by atoms with van der Waals surface area (Å²) >= 11 is 0. The topological polar surface area (TPSA) is 75.3 Å². The van der Waals surface area contributed by atoms with Gasteiger partial charge < -0.3 is 10.6 Å². The van der Waals surface area contributed by atoms with Crippen molar-refractivity contribution in [2.24, 2.45) is 0 Å². The summed E-state index contributed by atoms with van der Waals surface area (Å²) in [6.45, 7) is 1.33. The van der Waals surface area contributed by atoms with Crippen molar-refractivity contribution in [1.29, 1.82) is 0 Å². The molecule has 2 N–H and O–H groups in total. The zero-order valence-electron chi connectivity index (χ0n) is 14.9. The molecule has 5 nitrogen and oxygen atoms in total. The Morgan fingerprint density at radius 3 is 2.29 bits per heavy atom. The fourth-order valence-electron chi connectivity index (χ4n) is 3.27. The zero-order chi connectivity index (χ0) is 19.8. The SMILES string of the molecule is CC(=O)Nc1ccc(F)c(NC(=O)c2ccc3c(c2)C(=O)c2ccccc2-3)c1. The number of benzene rings is 3. The number of amides is 2. The second-order valence-electron chi connectivity index (χ2n) is 6.47. The highest BCUT2D eigenvalue weighted by atomic mass is 19.1. The molecule has 0 aromatic heterocycles. The molecule has 0 aliphatic heterocycles. The predicted octanol–water partition coefficient (Wildman–Crippen LogP) is 4.25. The van der Waals surface area contributed by atoms with Gasteiger partial charge in [0, 0.05) is 29.3 Å². The summed E-state index contributed by atoms with van der Waals surface area (Å²) in [6, 6.07) is 16.0. The summed E-state index contributed by atoms with van der Waals surface area (Å²) in [7, 11) is 0. The van der Waals surface area contributed by atoms with E-state index in [1.54, 1.807) is 24.3 Å². The maximum absolute atomic E-state index is 14.1. The Labute approximate surface area is 160 Å². The number of carbonyl (C=O) groups excluding carboxylic acids is 3. The average Bonchev–Trinajstić information content (AvgIpc) is 2.96. The van der Waals surface area contributed by atoms with Crippen LogP contribution in [-0.2, 0) is 4.79 Å². The van der Waals surface area contributed by atoms with Crippen LogP contribution in [0.5, 0.6) is 0 Å². The molecule has 0 atom stereocenters. The fourth-order valence-corrected chi connectivity index (χ4v) is 3.27. The molecular weight excluding hydrogens is 359 g/mol. The van der Waals surface area contributed by atoms with Crippen molar-refractivity contribution in [1.82, 2.24) is 0 Å². The van der Waals surface area contributed by atoms with Crippen molar-refractivity contribution in [3.63, 3.8) is 0 Å². The van der Waals surface area contributed by atoms with Gasteiger partial charge in [-0.15, -0.1) is 0 Å². The Kier molecular flexibility index (Phi) is 4.24. The van der Waals surface area contributed by atoms with E-state index in [0.717, 1.165) is 17.2 Å². The standard InChI is InChI=1S/C22H15FN2O3/c1-12(26)24-14-7-9-19(23)20(11-14)25-22(28)13-6-8-16-15-4-2-3-5-17(15)21(27)18(16)10-13/h2-11H,1H3,(H,24,26)(H,25,28). The Balaban J connectivity index is 1.63. The number of anilines is 2. The van der Waals surface area contributed by atoms with Crippen molar-refractivity contribution in [3.8, 4) is 11.1 Å². The number of ketones is 1. The van der Waals surface area contributed by atoms with E-state index in [1.807, 2.05) is 12.1 Å². The molecule has 138 valence electrons. The molecule has 6 heteroatoms. The van der Waals surface area contributed by atoms with Crippen molar-refractivity contribution in [2.75, 3.05) is 10.6 Å². The molecule has 0 saturated carbocycles. The number of carbonyl (C=O) groups is 3. The van der Waals surface area contributed by atoms with Crippen LogP contribution in [-0.4, -0.2) is 17.6 Å². The summed E-state index contributed by atoms with van der Waals surface area (Å²) in [6.07, 6.45) is 0. The van der Waals surface area contributed by atoms with Crippen molar-refractivity contribution >= 4 is 29.0 Å². The second kappa shape index (κ2) is 6.74. The van der Waals surface area contributed by atoms with Crippen LogP contribution in [0.3, 0.4) is 0 Å². The second-order valence-corrected chi connectivity index (χ2v) is 6.47. The first-order valence-corrected chi connectivity index (χ1v) is 8.60. The van der Waals surface area contributed by atoms with Crippen LogP contribution in [0.4, 0.5) is 15.8 Å². The molecule has 4 rings (SSSR count). The normalized spacial score (nSPS) is 11.6. The van der Waals surface area contributed by atoms with E-state index in [1.165, 1.54) is 25.1 Å². The predicted molar refractivity (Wildman–Crippen MR) is 104 cm³/mol. The van der Waals surface area contributed by atoms with Gasteiger partial charge in [0.25, 0.3) is 5.91 Å². The van der Waals surface area contributed by atoms with Crippen LogP contribution in [0.2, 0.25) is 0 Å². The van der Waals surface area contributed by atoms with Gasteiger partial charge in [0.1, 0.15) is 5.82 Å². The highest BCUT2D eigenvalue weighted by Gasteiger charge is 2.27. The Bertz CT molecular complexity index is 1150. The smallest absolute Gasteiger partial charge is 0.255 e. The molecule has 3 aromatic rings. The summed E-state index contributed by atoms with van der Waals surface area (Å²) in [5, 5.41) is 5.02. The number of fused-ring (bicyclic) bond motifs is 3. The number of halogens is 1. The van der Waals surface area contributed by atoms with Crippen LogP contribution in [0.1, 0.15) is 33.2 Å². The molecule has 0 spiro atoms. The van der Waals surface area contributed by atoms with Crippen LogP contribution < -0.4 is 10.6 Å². The number of hydrogen-bond donors (Lipinski definition) is 2. The van der Waals surface area contributed by atoms with E-state index in [4.69, 9.17) is 0 Å². The maximum atomic E-state index is 14.1. The van der Waals surface area contributed by atoms with Gasteiger partial charge in [0.05, 0.1) is 5.69 Å².